The van der Waals surface area contributed by atoms with Crippen LogP contribution in [0.5, 0.6) is 0 Å². The van der Waals surface area contributed by atoms with Crippen LogP contribution in [0.25, 0.3) is 0 Å². The number of sulfonamides is 1. The van der Waals surface area contributed by atoms with E-state index < -0.39 is 34.3 Å². The molecule has 0 radical (unpaired) electrons. The Balaban J connectivity index is 1.57. The first-order valence-electron chi connectivity index (χ1n) is 15.9. The van der Waals surface area contributed by atoms with Gasteiger partial charge in [-0.2, -0.15) is 0 Å². The van der Waals surface area contributed by atoms with Crippen LogP contribution in [0.2, 0.25) is 10.0 Å². The molecule has 5 rings (SSSR count). The molecule has 1 atom stereocenters. The molecule has 0 aliphatic heterocycles. The zero-order chi connectivity index (χ0) is 34.3. The van der Waals surface area contributed by atoms with Gasteiger partial charge in [0.2, 0.25) is 11.8 Å². The molecule has 48 heavy (non-hydrogen) atoms. The number of benzene rings is 4. The molecule has 2 amide bonds. The molecule has 1 fully saturated rings. The van der Waals surface area contributed by atoms with Crippen molar-refractivity contribution in [1.82, 2.24) is 10.2 Å². The number of nitrogens with zero attached hydrogens (tertiary/aromatic N) is 2. The molecule has 4 aromatic carbocycles. The number of anilines is 1. The van der Waals surface area contributed by atoms with Gasteiger partial charge in [0, 0.05) is 29.1 Å². The Morgan fingerprint density at radius 2 is 1.56 bits per heavy atom. The summed E-state index contributed by atoms with van der Waals surface area (Å²) in [4.78, 5) is 30.1. The van der Waals surface area contributed by atoms with E-state index in [0.29, 0.717) is 15.6 Å². The second kappa shape index (κ2) is 16.0. The first-order chi connectivity index (χ1) is 23.0. The Morgan fingerprint density at radius 3 is 2.21 bits per heavy atom. The highest BCUT2D eigenvalue weighted by molar-refractivity contribution is 7.92. The number of carbonyl (C=O) groups excluding carboxylic acids is 2. The highest BCUT2D eigenvalue weighted by atomic mass is 35.5. The van der Waals surface area contributed by atoms with Crippen molar-refractivity contribution >= 4 is 50.7 Å². The van der Waals surface area contributed by atoms with E-state index in [4.69, 9.17) is 23.2 Å². The van der Waals surface area contributed by atoms with Gasteiger partial charge in [0.25, 0.3) is 10.0 Å². The van der Waals surface area contributed by atoms with Crippen LogP contribution < -0.4 is 9.62 Å². The van der Waals surface area contributed by atoms with Crippen LogP contribution in [-0.2, 0) is 32.6 Å². The molecular formula is C37H38Cl2FN3O4S. The lowest BCUT2D eigenvalue weighted by Crippen LogP contribution is -2.55. The first kappa shape index (κ1) is 35.4. The van der Waals surface area contributed by atoms with Crippen molar-refractivity contribution in [1.29, 1.82) is 0 Å². The van der Waals surface area contributed by atoms with Crippen LogP contribution in [0, 0.1) is 12.7 Å². The van der Waals surface area contributed by atoms with Gasteiger partial charge in [0.15, 0.2) is 0 Å². The van der Waals surface area contributed by atoms with Crippen LogP contribution in [-0.4, -0.2) is 43.8 Å². The van der Waals surface area contributed by atoms with Crippen molar-refractivity contribution in [3.8, 4) is 0 Å². The second-order valence-corrected chi connectivity index (χ2v) is 14.8. The zero-order valence-electron chi connectivity index (χ0n) is 26.6. The number of hydrogen-bond acceptors (Lipinski definition) is 4. The molecular weight excluding hydrogens is 672 g/mol. The first-order valence-corrected chi connectivity index (χ1v) is 18.1. The summed E-state index contributed by atoms with van der Waals surface area (Å²) in [7, 11) is -4.35. The molecule has 0 spiro atoms. The van der Waals surface area contributed by atoms with Gasteiger partial charge in [-0.25, -0.2) is 12.8 Å². The molecule has 11 heteroatoms. The monoisotopic (exact) mass is 709 g/mol. The van der Waals surface area contributed by atoms with E-state index in [2.05, 4.69) is 5.32 Å². The molecule has 0 unspecified atom stereocenters. The van der Waals surface area contributed by atoms with Crippen LogP contribution in [0.3, 0.4) is 0 Å². The molecule has 1 N–H and O–H groups in total. The number of halogens is 3. The molecule has 252 valence electrons. The predicted molar refractivity (Wildman–Crippen MR) is 188 cm³/mol. The van der Waals surface area contributed by atoms with E-state index in [-0.39, 0.29) is 35.5 Å². The fourth-order valence-electron chi connectivity index (χ4n) is 5.91. The van der Waals surface area contributed by atoms with E-state index in [1.165, 1.54) is 4.90 Å². The standard InChI is InChI=1S/C37H38Cl2FN3O4S/c1-26-12-18-32(19-13-26)43(48(46,47)33-20-16-30(40)17-21-33)25-36(44)42(24-28-14-15-29(38)23-34(28)39)35(22-27-8-4-2-5-9-27)37(45)41-31-10-6-3-7-11-31/h2,4-5,8-9,12-21,23,31,35H,3,6-7,10-11,22,24-25H2,1H3,(H,41,45)/t35-/m0/s1. The molecule has 0 saturated heterocycles. The SMILES string of the molecule is Cc1ccc(N(CC(=O)N(Cc2ccc(Cl)cc2Cl)[C@@H](Cc2ccccc2)C(=O)NC2CCCCC2)S(=O)(=O)c2ccc(F)cc2)cc1. The van der Waals surface area contributed by atoms with E-state index in [9.17, 15) is 22.4 Å². The average Bonchev–Trinajstić information content (AvgIpc) is 3.07. The third-order valence-electron chi connectivity index (χ3n) is 8.58. The van der Waals surface area contributed by atoms with Gasteiger partial charge >= 0.3 is 0 Å². The quantitative estimate of drug-likeness (QED) is 0.163. The molecule has 4 aromatic rings. The van der Waals surface area contributed by atoms with Gasteiger partial charge in [-0.05, 0) is 79.4 Å². The number of hydrogen-bond donors (Lipinski definition) is 1. The highest BCUT2D eigenvalue weighted by Gasteiger charge is 2.35. The van der Waals surface area contributed by atoms with Crippen molar-refractivity contribution in [2.45, 2.75) is 69.0 Å². The molecule has 1 saturated carbocycles. The zero-order valence-corrected chi connectivity index (χ0v) is 28.9. The Morgan fingerprint density at radius 1 is 0.896 bits per heavy atom. The molecule has 7 nitrogen and oxygen atoms in total. The lowest BCUT2D eigenvalue weighted by Gasteiger charge is -2.35. The van der Waals surface area contributed by atoms with Crippen LogP contribution in [0.4, 0.5) is 10.1 Å². The number of carbonyl (C=O) groups is 2. The van der Waals surface area contributed by atoms with Gasteiger partial charge in [0.05, 0.1) is 10.6 Å². The van der Waals surface area contributed by atoms with Crippen molar-refractivity contribution < 1.29 is 22.4 Å². The van der Waals surface area contributed by atoms with Gasteiger partial charge in [-0.15, -0.1) is 0 Å². The van der Waals surface area contributed by atoms with E-state index >= 15 is 0 Å². The fourth-order valence-corrected chi connectivity index (χ4v) is 7.79. The minimum Gasteiger partial charge on any atom is -0.352 e. The summed E-state index contributed by atoms with van der Waals surface area (Å²) in [6.07, 6.45) is 4.99. The van der Waals surface area contributed by atoms with Crippen LogP contribution in [0.15, 0.2) is 102 Å². The minimum atomic E-state index is -4.35. The number of rotatable bonds is 12. The summed E-state index contributed by atoms with van der Waals surface area (Å²) in [5.74, 6) is -1.54. The van der Waals surface area contributed by atoms with E-state index in [1.807, 2.05) is 37.3 Å². The van der Waals surface area contributed by atoms with Gasteiger partial charge in [-0.3, -0.25) is 13.9 Å². The second-order valence-electron chi connectivity index (χ2n) is 12.1. The van der Waals surface area contributed by atoms with Crippen LogP contribution >= 0.6 is 23.2 Å². The van der Waals surface area contributed by atoms with Crippen molar-refractivity contribution in [2.75, 3.05) is 10.8 Å². The van der Waals surface area contributed by atoms with Crippen molar-refractivity contribution in [2.24, 2.45) is 0 Å². The Kier molecular flexibility index (Phi) is 11.8. The van der Waals surface area contributed by atoms with Crippen molar-refractivity contribution in [3.05, 3.63) is 130 Å². The summed E-state index contributed by atoms with van der Waals surface area (Å²) < 4.78 is 43.0. The Labute approximate surface area is 291 Å². The summed E-state index contributed by atoms with van der Waals surface area (Å²) in [6.45, 7) is 1.16. The number of nitrogens with one attached hydrogen (secondary N) is 1. The summed E-state index contributed by atoms with van der Waals surface area (Å²) in [5, 5.41) is 3.90. The van der Waals surface area contributed by atoms with Gasteiger partial charge in [-0.1, -0.05) is 96.6 Å². The summed E-state index contributed by atoms with van der Waals surface area (Å²) in [5.41, 5.74) is 2.51. The average molecular weight is 711 g/mol. The Bertz CT molecular complexity index is 1820. The molecule has 0 aromatic heterocycles. The normalized spacial score (nSPS) is 14.2. The van der Waals surface area contributed by atoms with Gasteiger partial charge in [0.1, 0.15) is 18.4 Å². The molecule has 1 aliphatic rings. The molecule has 0 heterocycles. The smallest absolute Gasteiger partial charge is 0.264 e. The lowest BCUT2D eigenvalue weighted by molar-refractivity contribution is -0.140. The minimum absolute atomic E-state index is 0.0245. The third-order valence-corrected chi connectivity index (χ3v) is 11.0. The summed E-state index contributed by atoms with van der Waals surface area (Å²) >= 11 is 12.8. The maximum atomic E-state index is 14.6. The van der Waals surface area contributed by atoms with E-state index in [1.54, 1.807) is 42.5 Å². The lowest BCUT2D eigenvalue weighted by atomic mass is 9.94. The maximum absolute atomic E-state index is 14.6. The van der Waals surface area contributed by atoms with Crippen molar-refractivity contribution in [3.63, 3.8) is 0 Å². The topological polar surface area (TPSA) is 86.8 Å². The van der Waals surface area contributed by atoms with E-state index in [0.717, 1.165) is 71.8 Å². The third kappa shape index (κ3) is 8.95. The van der Waals surface area contributed by atoms with Gasteiger partial charge < -0.3 is 10.2 Å². The summed E-state index contributed by atoms with van der Waals surface area (Å²) in [6, 6.07) is 24.4. The molecule has 1 aliphatic carbocycles. The fraction of sp³-hybridized carbons (Fsp3) is 0.297. The van der Waals surface area contributed by atoms with Crippen LogP contribution in [0.1, 0.15) is 48.8 Å². The predicted octanol–water partition coefficient (Wildman–Crippen LogP) is 7.73. The maximum Gasteiger partial charge on any atom is 0.264 e. The molecule has 0 bridgehead atoms. The Hall–Kier alpha value is -3.92. The number of amides is 2. The highest BCUT2D eigenvalue weighted by Crippen LogP contribution is 2.28. The largest absolute Gasteiger partial charge is 0.352 e. The number of aryl methyl sites for hydroxylation is 1.